The fraction of sp³-hybridized carbons (Fsp3) is 0.125. The van der Waals surface area contributed by atoms with E-state index in [1.807, 2.05) is 6.07 Å². The van der Waals surface area contributed by atoms with Crippen molar-refractivity contribution < 1.29 is 18.3 Å². The van der Waals surface area contributed by atoms with Gasteiger partial charge in [-0.05, 0) is 18.2 Å². The molecule has 0 aliphatic heterocycles. The number of ether oxygens (including phenoxy) is 2. The highest BCUT2D eigenvalue weighted by molar-refractivity contribution is 6.33. The fourth-order valence-electron chi connectivity index (χ4n) is 3.24. The number of aromatic nitrogens is 2. The maximum atomic E-state index is 14.8. The van der Waals surface area contributed by atoms with Gasteiger partial charge in [0.05, 0.1) is 33.2 Å². The van der Waals surface area contributed by atoms with E-state index in [0.29, 0.717) is 11.2 Å². The van der Waals surface area contributed by atoms with Crippen molar-refractivity contribution in [2.24, 2.45) is 5.73 Å². The molecule has 0 aliphatic rings. The summed E-state index contributed by atoms with van der Waals surface area (Å²) in [6, 6.07) is 12.0. The van der Waals surface area contributed by atoms with E-state index >= 15 is 0 Å². The number of fused-ring (bicyclic) bond motifs is 1. The first-order chi connectivity index (χ1) is 16.9. The molecule has 4 aromatic rings. The highest BCUT2D eigenvalue weighted by Gasteiger charge is 2.17. The van der Waals surface area contributed by atoms with Crippen molar-refractivity contribution in [3.8, 4) is 17.6 Å². The highest BCUT2D eigenvalue weighted by atomic mass is 35.5. The van der Waals surface area contributed by atoms with E-state index in [1.165, 1.54) is 24.4 Å². The number of nitrogens with zero attached hydrogens (tertiary/aromatic N) is 3. The Hall–Kier alpha value is -3.71. The normalized spacial score (nSPS) is 10.7. The van der Waals surface area contributed by atoms with Gasteiger partial charge in [-0.3, -0.25) is 4.98 Å². The van der Waals surface area contributed by atoms with Crippen molar-refractivity contribution in [1.82, 2.24) is 9.97 Å². The first-order valence-electron chi connectivity index (χ1n) is 10.2. The second-order valence-corrected chi connectivity index (χ2v) is 8.02. The van der Waals surface area contributed by atoms with E-state index in [-0.39, 0.29) is 63.8 Å². The minimum absolute atomic E-state index is 0.0223. The topological polar surface area (TPSA) is 106 Å². The smallest absolute Gasteiger partial charge is 0.167 e. The molecule has 2 aromatic carbocycles. The van der Waals surface area contributed by atoms with E-state index in [0.717, 1.165) is 6.07 Å². The van der Waals surface area contributed by atoms with Gasteiger partial charge in [0.2, 0.25) is 0 Å². The summed E-state index contributed by atoms with van der Waals surface area (Å²) in [5.74, 6) is -1.50. The lowest BCUT2D eigenvalue weighted by Gasteiger charge is -2.15. The second kappa shape index (κ2) is 10.7. The number of hydrogen-bond donors (Lipinski definition) is 2. The first-order valence-corrected chi connectivity index (χ1v) is 11.0. The second-order valence-electron chi connectivity index (χ2n) is 7.22. The van der Waals surface area contributed by atoms with Gasteiger partial charge in [0, 0.05) is 36.3 Å². The van der Waals surface area contributed by atoms with Gasteiger partial charge in [0.15, 0.2) is 23.1 Å². The fourth-order valence-corrected chi connectivity index (χ4v) is 3.63. The largest absolute Gasteiger partial charge is 0.489 e. The molecule has 2 aromatic heterocycles. The third-order valence-electron chi connectivity index (χ3n) is 4.85. The number of nitrogens with two attached hydrogens (primary N) is 1. The van der Waals surface area contributed by atoms with Crippen molar-refractivity contribution in [2.45, 2.75) is 6.61 Å². The van der Waals surface area contributed by atoms with Crippen molar-refractivity contribution in [2.75, 3.05) is 18.5 Å². The number of halogens is 4. The lowest BCUT2D eigenvalue weighted by Crippen LogP contribution is -2.11. The van der Waals surface area contributed by atoms with Crippen LogP contribution in [0.5, 0.6) is 11.5 Å². The number of pyridine rings is 2. The van der Waals surface area contributed by atoms with E-state index < -0.39 is 11.6 Å². The number of anilines is 2. The molecule has 0 radical (unpaired) electrons. The van der Waals surface area contributed by atoms with Gasteiger partial charge in [-0.2, -0.15) is 5.26 Å². The molecule has 0 bridgehead atoms. The molecular weight excluding hydrogens is 499 g/mol. The van der Waals surface area contributed by atoms with Crippen molar-refractivity contribution >= 4 is 45.5 Å². The lowest BCUT2D eigenvalue weighted by molar-refractivity contribution is 0.286. The highest BCUT2D eigenvalue weighted by Crippen LogP contribution is 2.37. The zero-order valence-electron chi connectivity index (χ0n) is 18.0. The molecule has 0 atom stereocenters. The number of hydrogen-bond acceptors (Lipinski definition) is 7. The van der Waals surface area contributed by atoms with Crippen molar-refractivity contribution in [3.63, 3.8) is 0 Å². The Morgan fingerprint density at radius 2 is 1.83 bits per heavy atom. The zero-order chi connectivity index (χ0) is 24.9. The van der Waals surface area contributed by atoms with E-state index in [4.69, 9.17) is 38.4 Å². The summed E-state index contributed by atoms with van der Waals surface area (Å²) in [7, 11) is 0. The summed E-state index contributed by atoms with van der Waals surface area (Å²) in [5.41, 5.74) is 6.73. The Morgan fingerprint density at radius 3 is 2.57 bits per heavy atom. The number of rotatable bonds is 8. The summed E-state index contributed by atoms with van der Waals surface area (Å²) >= 11 is 12.2. The van der Waals surface area contributed by atoms with Crippen molar-refractivity contribution in [1.29, 1.82) is 5.26 Å². The van der Waals surface area contributed by atoms with Crippen LogP contribution in [0.15, 0.2) is 48.7 Å². The predicted octanol–water partition coefficient (Wildman–Crippen LogP) is 5.75. The van der Waals surface area contributed by atoms with Crippen LogP contribution < -0.4 is 20.5 Å². The molecule has 0 saturated carbocycles. The third-order valence-corrected chi connectivity index (χ3v) is 5.37. The first kappa shape index (κ1) is 24.4. The Labute approximate surface area is 209 Å². The van der Waals surface area contributed by atoms with Gasteiger partial charge in [0.25, 0.3) is 0 Å². The van der Waals surface area contributed by atoms with Crippen LogP contribution >= 0.6 is 23.2 Å². The Kier molecular flexibility index (Phi) is 7.46. The Balaban J connectivity index is 1.65. The van der Waals surface area contributed by atoms with Crippen LogP contribution in [-0.2, 0) is 6.61 Å². The lowest BCUT2D eigenvalue weighted by atomic mass is 10.1. The maximum Gasteiger partial charge on any atom is 0.167 e. The quantitative estimate of drug-likeness (QED) is 0.288. The molecular formula is C24H17Cl2F2N5O2. The molecule has 178 valence electrons. The molecule has 3 N–H and O–H groups in total. The number of nitriles is 1. The summed E-state index contributed by atoms with van der Waals surface area (Å²) in [5, 5.41) is 13.2. The Bertz CT molecular complexity index is 1450. The van der Waals surface area contributed by atoms with Crippen LogP contribution in [0.3, 0.4) is 0 Å². The molecule has 4 rings (SSSR count). The molecule has 0 unspecified atom stereocenters. The summed E-state index contributed by atoms with van der Waals surface area (Å²) < 4.78 is 40.2. The summed E-state index contributed by atoms with van der Waals surface area (Å²) in [6.45, 7) is 0.312. The molecule has 35 heavy (non-hydrogen) atoms. The molecule has 0 amide bonds. The molecule has 2 heterocycles. The van der Waals surface area contributed by atoms with Crippen LogP contribution in [0, 0.1) is 23.0 Å². The third kappa shape index (κ3) is 5.52. The molecule has 0 spiro atoms. The van der Waals surface area contributed by atoms with Gasteiger partial charge in [-0.15, -0.1) is 0 Å². The summed E-state index contributed by atoms with van der Waals surface area (Å²) in [4.78, 5) is 8.28. The maximum absolute atomic E-state index is 14.8. The SMILES string of the molecule is N#Cc1cnc2cc(OCCN)c(F)cc2c1Nc1cc(F)c(OCc2cccc(Cl)n2)cc1Cl. The van der Waals surface area contributed by atoms with Crippen molar-refractivity contribution in [3.05, 3.63) is 81.7 Å². The van der Waals surface area contributed by atoms with Crippen LogP contribution in [0.4, 0.5) is 20.2 Å². The van der Waals surface area contributed by atoms with E-state index in [2.05, 4.69) is 15.3 Å². The number of benzene rings is 2. The molecule has 11 heteroatoms. The average molecular weight is 516 g/mol. The minimum Gasteiger partial charge on any atom is -0.489 e. The van der Waals surface area contributed by atoms with Crippen LogP contribution in [0.1, 0.15) is 11.3 Å². The van der Waals surface area contributed by atoms with Crippen LogP contribution in [-0.4, -0.2) is 23.1 Å². The van der Waals surface area contributed by atoms with Crippen LogP contribution in [0.2, 0.25) is 10.2 Å². The number of nitrogens with one attached hydrogen (secondary N) is 1. The van der Waals surface area contributed by atoms with Gasteiger partial charge in [0.1, 0.15) is 24.4 Å². The molecule has 7 nitrogen and oxygen atoms in total. The standard InChI is InChI=1S/C24H17Cl2F2N5O2/c25-16-7-21(35-12-14-2-1-3-23(26)32-14)18(28)8-20(16)33-24-13(10-30)11-31-19-9-22(34-5-4-29)17(27)6-15(19)24/h1-3,6-9,11H,4-5,12,29H2,(H,31,33). The van der Waals surface area contributed by atoms with E-state index in [9.17, 15) is 14.0 Å². The molecule has 0 fully saturated rings. The zero-order valence-corrected chi connectivity index (χ0v) is 19.5. The van der Waals surface area contributed by atoms with E-state index in [1.54, 1.807) is 18.2 Å². The monoisotopic (exact) mass is 515 g/mol. The minimum atomic E-state index is -0.709. The predicted molar refractivity (Wildman–Crippen MR) is 129 cm³/mol. The average Bonchev–Trinajstić information content (AvgIpc) is 2.84. The molecule has 0 aliphatic carbocycles. The molecule has 0 saturated heterocycles. The van der Waals surface area contributed by atoms with Gasteiger partial charge < -0.3 is 20.5 Å². The van der Waals surface area contributed by atoms with Gasteiger partial charge in [-0.1, -0.05) is 29.3 Å². The van der Waals surface area contributed by atoms with Gasteiger partial charge in [-0.25, -0.2) is 13.8 Å². The van der Waals surface area contributed by atoms with Gasteiger partial charge >= 0.3 is 0 Å². The summed E-state index contributed by atoms with van der Waals surface area (Å²) in [6.07, 6.45) is 1.31. The van der Waals surface area contributed by atoms with Crippen LogP contribution in [0.25, 0.3) is 10.9 Å². The Morgan fingerprint density at radius 1 is 1.06 bits per heavy atom.